The quantitative estimate of drug-likeness (QED) is 0.688. The average Bonchev–Trinajstić information content (AvgIpc) is 2.52. The lowest BCUT2D eigenvalue weighted by atomic mass is 10.1. The van der Waals surface area contributed by atoms with Crippen molar-refractivity contribution >= 4 is 27.3 Å². The molecule has 0 radical (unpaired) electrons. The van der Waals surface area contributed by atoms with E-state index in [1.807, 2.05) is 0 Å². The second kappa shape index (κ2) is 5.47. The molecule has 1 aromatic heterocycles. The van der Waals surface area contributed by atoms with Gasteiger partial charge in [0.1, 0.15) is 0 Å². The standard InChI is InChI=1S/C11H13BrS/c1-3-4-5-6-9(2)10-7-8-11(12)13-10/h7-9H,3,6H2,1-2H3. The largest absolute Gasteiger partial charge is 0.133 e. The lowest BCUT2D eigenvalue weighted by Gasteiger charge is -2.02. The molecule has 1 aromatic rings. The minimum absolute atomic E-state index is 0.565. The third-order valence-electron chi connectivity index (χ3n) is 1.79. The van der Waals surface area contributed by atoms with E-state index in [-0.39, 0.29) is 0 Å². The van der Waals surface area contributed by atoms with Gasteiger partial charge in [0.05, 0.1) is 3.79 Å². The molecule has 0 N–H and O–H groups in total. The molecule has 0 nitrogen and oxygen atoms in total. The van der Waals surface area contributed by atoms with E-state index in [4.69, 9.17) is 0 Å². The first-order valence-corrected chi connectivity index (χ1v) is 6.06. The van der Waals surface area contributed by atoms with E-state index in [1.54, 1.807) is 11.3 Å². The van der Waals surface area contributed by atoms with Crippen LogP contribution in [0.5, 0.6) is 0 Å². The van der Waals surface area contributed by atoms with E-state index < -0.39 is 0 Å². The van der Waals surface area contributed by atoms with Crippen molar-refractivity contribution in [1.82, 2.24) is 0 Å². The molecule has 0 aliphatic carbocycles. The Labute approximate surface area is 92.5 Å². The number of hydrogen-bond donors (Lipinski definition) is 0. The maximum absolute atomic E-state index is 3.46. The fraction of sp³-hybridized carbons (Fsp3) is 0.455. The molecule has 0 saturated carbocycles. The number of halogens is 1. The Hall–Kier alpha value is -0.260. The van der Waals surface area contributed by atoms with Gasteiger partial charge in [-0.1, -0.05) is 13.8 Å². The van der Waals surface area contributed by atoms with Crippen LogP contribution in [-0.2, 0) is 0 Å². The maximum Gasteiger partial charge on any atom is 0.0701 e. The molecule has 0 aromatic carbocycles. The van der Waals surface area contributed by atoms with Crippen molar-refractivity contribution in [1.29, 1.82) is 0 Å². The molecule has 0 aliphatic heterocycles. The predicted molar refractivity (Wildman–Crippen MR) is 63.1 cm³/mol. The summed E-state index contributed by atoms with van der Waals surface area (Å²) in [7, 11) is 0. The first-order chi connectivity index (χ1) is 6.24. The van der Waals surface area contributed by atoms with Gasteiger partial charge in [-0.25, -0.2) is 0 Å². The first kappa shape index (κ1) is 10.8. The normalized spacial score (nSPS) is 11.9. The van der Waals surface area contributed by atoms with E-state index in [0.717, 1.165) is 12.8 Å². The topological polar surface area (TPSA) is 0 Å². The molecule has 0 saturated heterocycles. The summed E-state index contributed by atoms with van der Waals surface area (Å²) in [5, 5.41) is 0. The highest BCUT2D eigenvalue weighted by atomic mass is 79.9. The minimum atomic E-state index is 0.565. The van der Waals surface area contributed by atoms with Crippen LogP contribution >= 0.6 is 27.3 Å². The van der Waals surface area contributed by atoms with Gasteiger partial charge < -0.3 is 0 Å². The molecule has 0 aliphatic rings. The fourth-order valence-electron chi connectivity index (χ4n) is 1.04. The first-order valence-electron chi connectivity index (χ1n) is 4.45. The molecule has 1 unspecified atom stereocenters. The third kappa shape index (κ3) is 3.54. The van der Waals surface area contributed by atoms with Gasteiger partial charge in [0.2, 0.25) is 0 Å². The Balaban J connectivity index is 2.53. The highest BCUT2D eigenvalue weighted by Crippen LogP contribution is 2.29. The van der Waals surface area contributed by atoms with Crippen LogP contribution in [0, 0.1) is 11.8 Å². The third-order valence-corrected chi connectivity index (χ3v) is 3.64. The summed E-state index contributed by atoms with van der Waals surface area (Å²) in [4.78, 5) is 1.41. The summed E-state index contributed by atoms with van der Waals surface area (Å²) in [6, 6.07) is 4.27. The Morgan fingerprint density at radius 1 is 1.46 bits per heavy atom. The zero-order valence-corrected chi connectivity index (χ0v) is 10.3. The Bertz CT molecular complexity index is 316. The van der Waals surface area contributed by atoms with Gasteiger partial charge in [-0.3, -0.25) is 0 Å². The van der Waals surface area contributed by atoms with Crippen molar-refractivity contribution in [3.63, 3.8) is 0 Å². The van der Waals surface area contributed by atoms with Gasteiger partial charge in [-0.15, -0.1) is 23.2 Å². The van der Waals surface area contributed by atoms with Crippen LogP contribution in [0.2, 0.25) is 0 Å². The van der Waals surface area contributed by atoms with Crippen LogP contribution in [0.1, 0.15) is 37.5 Å². The fourth-order valence-corrected chi connectivity index (χ4v) is 2.52. The van der Waals surface area contributed by atoms with Crippen LogP contribution in [0.25, 0.3) is 0 Å². The van der Waals surface area contributed by atoms with Crippen molar-refractivity contribution < 1.29 is 0 Å². The summed E-state index contributed by atoms with van der Waals surface area (Å²) >= 11 is 5.27. The van der Waals surface area contributed by atoms with E-state index in [0.29, 0.717) is 5.92 Å². The summed E-state index contributed by atoms with van der Waals surface area (Å²) < 4.78 is 1.21. The van der Waals surface area contributed by atoms with Crippen molar-refractivity contribution in [2.24, 2.45) is 0 Å². The molecule has 0 bridgehead atoms. The second-order valence-corrected chi connectivity index (χ2v) is 5.45. The molecule has 2 heteroatoms. The SMILES string of the molecule is CCC#CCC(C)c1ccc(Br)s1. The second-order valence-electron chi connectivity index (χ2n) is 2.95. The van der Waals surface area contributed by atoms with Crippen molar-refractivity contribution in [3.8, 4) is 11.8 Å². The highest BCUT2D eigenvalue weighted by molar-refractivity contribution is 9.11. The van der Waals surface area contributed by atoms with E-state index >= 15 is 0 Å². The van der Waals surface area contributed by atoms with Crippen LogP contribution in [0.15, 0.2) is 15.9 Å². The molecular formula is C11H13BrS. The van der Waals surface area contributed by atoms with Gasteiger partial charge in [-0.05, 0) is 28.1 Å². The summed E-state index contributed by atoms with van der Waals surface area (Å²) in [6.07, 6.45) is 1.93. The van der Waals surface area contributed by atoms with E-state index in [2.05, 4.69) is 53.8 Å². The van der Waals surface area contributed by atoms with Gasteiger partial charge in [-0.2, -0.15) is 0 Å². The van der Waals surface area contributed by atoms with Gasteiger partial charge in [0, 0.05) is 23.6 Å². The molecule has 1 atom stereocenters. The zero-order chi connectivity index (χ0) is 9.68. The van der Waals surface area contributed by atoms with E-state index in [1.165, 1.54) is 8.66 Å². The number of rotatable bonds is 2. The molecule has 1 heterocycles. The summed E-state index contributed by atoms with van der Waals surface area (Å²) in [5.74, 6) is 6.85. The minimum Gasteiger partial charge on any atom is -0.133 e. The van der Waals surface area contributed by atoms with Crippen molar-refractivity contribution in [3.05, 3.63) is 20.8 Å². The highest BCUT2D eigenvalue weighted by Gasteiger charge is 2.05. The smallest absolute Gasteiger partial charge is 0.0701 e. The molecule has 0 amide bonds. The molecule has 0 spiro atoms. The van der Waals surface area contributed by atoms with E-state index in [9.17, 15) is 0 Å². The predicted octanol–water partition coefficient (Wildman–Crippen LogP) is 4.42. The zero-order valence-electron chi connectivity index (χ0n) is 7.93. The van der Waals surface area contributed by atoms with Crippen LogP contribution in [-0.4, -0.2) is 0 Å². The molecule has 1 rings (SSSR count). The Morgan fingerprint density at radius 2 is 2.23 bits per heavy atom. The molecular weight excluding hydrogens is 244 g/mol. The van der Waals surface area contributed by atoms with Gasteiger partial charge in [0.25, 0.3) is 0 Å². The van der Waals surface area contributed by atoms with Crippen molar-refractivity contribution in [2.75, 3.05) is 0 Å². The number of hydrogen-bond acceptors (Lipinski definition) is 1. The van der Waals surface area contributed by atoms with Crippen LogP contribution < -0.4 is 0 Å². The average molecular weight is 257 g/mol. The number of thiophene rings is 1. The molecule has 70 valence electrons. The maximum atomic E-state index is 3.46. The molecule has 0 fully saturated rings. The van der Waals surface area contributed by atoms with Crippen LogP contribution in [0.3, 0.4) is 0 Å². The summed E-state index contributed by atoms with van der Waals surface area (Å²) in [5.41, 5.74) is 0. The Kier molecular flexibility index (Phi) is 4.55. The Morgan fingerprint density at radius 3 is 2.77 bits per heavy atom. The molecule has 13 heavy (non-hydrogen) atoms. The van der Waals surface area contributed by atoms with Gasteiger partial charge >= 0.3 is 0 Å². The van der Waals surface area contributed by atoms with Crippen molar-refractivity contribution in [2.45, 2.75) is 32.6 Å². The summed E-state index contributed by atoms with van der Waals surface area (Å²) in [6.45, 7) is 4.31. The monoisotopic (exact) mass is 256 g/mol. The lowest BCUT2D eigenvalue weighted by Crippen LogP contribution is -1.86. The van der Waals surface area contributed by atoms with Crippen LogP contribution in [0.4, 0.5) is 0 Å². The van der Waals surface area contributed by atoms with Gasteiger partial charge in [0.15, 0.2) is 0 Å². The lowest BCUT2D eigenvalue weighted by molar-refractivity contribution is 0.813.